The average Bonchev–Trinajstić information content (AvgIpc) is 2.71. The van der Waals surface area contributed by atoms with Gasteiger partial charge >= 0.3 is 5.63 Å². The molecule has 4 aromatic rings. The van der Waals surface area contributed by atoms with Crippen molar-refractivity contribution in [1.82, 2.24) is 4.90 Å². The van der Waals surface area contributed by atoms with E-state index >= 15 is 0 Å². The Kier molecular flexibility index (Phi) is 4.96. The van der Waals surface area contributed by atoms with Crippen LogP contribution in [0.5, 0.6) is 5.75 Å². The van der Waals surface area contributed by atoms with Gasteiger partial charge in [-0.3, -0.25) is 4.90 Å². The molecule has 0 aliphatic carbocycles. The molecule has 4 heteroatoms. The van der Waals surface area contributed by atoms with E-state index in [0.29, 0.717) is 23.3 Å². The molecule has 0 bridgehead atoms. The van der Waals surface area contributed by atoms with Crippen molar-refractivity contribution in [2.75, 3.05) is 7.05 Å². The van der Waals surface area contributed by atoms with Crippen molar-refractivity contribution in [3.05, 3.63) is 100 Å². The summed E-state index contributed by atoms with van der Waals surface area (Å²) in [7, 11) is 1.97. The number of hydrogen-bond donors (Lipinski definition) is 1. The molecule has 3 aromatic carbocycles. The third-order valence-corrected chi connectivity index (χ3v) is 4.79. The molecule has 1 heterocycles. The third-order valence-electron chi connectivity index (χ3n) is 4.79. The van der Waals surface area contributed by atoms with E-state index in [9.17, 15) is 9.90 Å². The SMILES string of the molecule is CN(Cc1ccccc1)Cc1c(O)ccc2cc(-c3ccccc3)c(=O)oc12. The van der Waals surface area contributed by atoms with Gasteiger partial charge in [0, 0.05) is 18.5 Å². The summed E-state index contributed by atoms with van der Waals surface area (Å²) in [6, 6.07) is 24.8. The Labute approximate surface area is 163 Å². The zero-order valence-electron chi connectivity index (χ0n) is 15.6. The highest BCUT2D eigenvalue weighted by atomic mass is 16.4. The van der Waals surface area contributed by atoms with E-state index in [4.69, 9.17) is 4.42 Å². The van der Waals surface area contributed by atoms with Crippen LogP contribution >= 0.6 is 0 Å². The van der Waals surface area contributed by atoms with E-state index in [1.165, 1.54) is 5.56 Å². The van der Waals surface area contributed by atoms with Crippen LogP contribution in [0.3, 0.4) is 0 Å². The van der Waals surface area contributed by atoms with E-state index in [1.807, 2.05) is 61.6 Å². The van der Waals surface area contributed by atoms with Gasteiger partial charge in [0.05, 0.1) is 11.1 Å². The molecule has 0 saturated carbocycles. The summed E-state index contributed by atoms with van der Waals surface area (Å²) >= 11 is 0. The summed E-state index contributed by atoms with van der Waals surface area (Å²) < 4.78 is 5.67. The number of aromatic hydroxyl groups is 1. The van der Waals surface area contributed by atoms with Crippen molar-refractivity contribution in [3.8, 4) is 16.9 Å². The zero-order valence-corrected chi connectivity index (χ0v) is 15.6. The van der Waals surface area contributed by atoms with Gasteiger partial charge in [0.25, 0.3) is 0 Å². The second-order valence-electron chi connectivity index (χ2n) is 6.95. The average molecular weight is 371 g/mol. The Hall–Kier alpha value is -3.37. The molecule has 4 rings (SSSR count). The summed E-state index contributed by atoms with van der Waals surface area (Å²) in [5, 5.41) is 11.2. The van der Waals surface area contributed by atoms with Crippen LogP contribution in [0.1, 0.15) is 11.1 Å². The minimum absolute atomic E-state index is 0.128. The van der Waals surface area contributed by atoms with Crippen LogP contribution in [-0.2, 0) is 13.1 Å². The highest BCUT2D eigenvalue weighted by molar-refractivity contribution is 5.85. The van der Waals surface area contributed by atoms with Crippen molar-refractivity contribution < 1.29 is 9.52 Å². The maximum atomic E-state index is 12.6. The molecule has 0 aliphatic heterocycles. The standard InChI is InChI=1S/C24H21NO3/c1-25(15-17-8-4-2-5-9-17)16-21-22(26)13-12-19-14-20(24(27)28-23(19)21)18-10-6-3-7-11-18/h2-14,26H,15-16H2,1H3. The molecule has 0 aliphatic rings. The highest BCUT2D eigenvalue weighted by Crippen LogP contribution is 2.30. The molecule has 1 N–H and O–H groups in total. The van der Waals surface area contributed by atoms with Crippen LogP contribution in [-0.4, -0.2) is 17.1 Å². The summed E-state index contributed by atoms with van der Waals surface area (Å²) in [5.41, 5.74) is 3.15. The van der Waals surface area contributed by atoms with Gasteiger partial charge in [-0.05, 0) is 36.4 Å². The van der Waals surface area contributed by atoms with Gasteiger partial charge in [-0.2, -0.15) is 0 Å². The van der Waals surface area contributed by atoms with Crippen molar-refractivity contribution in [2.24, 2.45) is 0 Å². The van der Waals surface area contributed by atoms with Crippen LogP contribution in [0.2, 0.25) is 0 Å². The summed E-state index contributed by atoms with van der Waals surface area (Å²) in [6.45, 7) is 1.19. The predicted octanol–water partition coefficient (Wildman–Crippen LogP) is 4.80. The van der Waals surface area contributed by atoms with E-state index < -0.39 is 5.63 Å². The van der Waals surface area contributed by atoms with Crippen molar-refractivity contribution in [2.45, 2.75) is 13.1 Å². The van der Waals surface area contributed by atoms with Crippen LogP contribution in [0.4, 0.5) is 0 Å². The Morgan fingerprint density at radius 2 is 1.57 bits per heavy atom. The van der Waals surface area contributed by atoms with E-state index in [1.54, 1.807) is 12.1 Å². The van der Waals surface area contributed by atoms with Crippen LogP contribution in [0, 0.1) is 0 Å². The largest absolute Gasteiger partial charge is 0.507 e. The number of phenols is 1. The third kappa shape index (κ3) is 3.68. The van der Waals surface area contributed by atoms with Crippen molar-refractivity contribution in [3.63, 3.8) is 0 Å². The van der Waals surface area contributed by atoms with E-state index in [-0.39, 0.29) is 5.75 Å². The molecule has 4 nitrogen and oxygen atoms in total. The molecule has 0 unspecified atom stereocenters. The smallest absolute Gasteiger partial charge is 0.344 e. The first-order valence-electron chi connectivity index (χ1n) is 9.18. The Balaban J connectivity index is 1.71. The molecule has 0 atom stereocenters. The second-order valence-corrected chi connectivity index (χ2v) is 6.95. The number of hydrogen-bond acceptors (Lipinski definition) is 4. The first-order chi connectivity index (χ1) is 13.6. The second kappa shape index (κ2) is 7.71. The summed E-state index contributed by atoms with van der Waals surface area (Å²) in [5.74, 6) is 0.128. The normalized spacial score (nSPS) is 11.2. The lowest BCUT2D eigenvalue weighted by Gasteiger charge is -2.18. The van der Waals surface area contributed by atoms with E-state index in [0.717, 1.165) is 17.5 Å². The molecule has 0 radical (unpaired) electrons. The molecule has 0 amide bonds. The topological polar surface area (TPSA) is 53.7 Å². The lowest BCUT2D eigenvalue weighted by atomic mass is 10.0. The lowest BCUT2D eigenvalue weighted by Crippen LogP contribution is -2.17. The highest BCUT2D eigenvalue weighted by Gasteiger charge is 2.15. The van der Waals surface area contributed by atoms with Gasteiger partial charge in [-0.25, -0.2) is 4.79 Å². The van der Waals surface area contributed by atoms with Crippen LogP contribution in [0.25, 0.3) is 22.1 Å². The van der Waals surface area contributed by atoms with Gasteiger partial charge < -0.3 is 9.52 Å². The number of phenolic OH excluding ortho intramolecular Hbond substituents is 1. The molecule has 0 spiro atoms. The predicted molar refractivity (Wildman–Crippen MR) is 111 cm³/mol. The molecule has 0 saturated heterocycles. The molecule has 28 heavy (non-hydrogen) atoms. The number of benzene rings is 3. The fraction of sp³-hybridized carbons (Fsp3) is 0.125. The number of fused-ring (bicyclic) bond motifs is 1. The van der Waals surface area contributed by atoms with Gasteiger partial charge in [0.2, 0.25) is 0 Å². The summed E-state index contributed by atoms with van der Waals surface area (Å²) in [4.78, 5) is 14.7. The van der Waals surface area contributed by atoms with Gasteiger partial charge in [0.1, 0.15) is 11.3 Å². The first-order valence-corrected chi connectivity index (χ1v) is 9.18. The minimum Gasteiger partial charge on any atom is -0.507 e. The Bertz CT molecular complexity index is 1150. The quantitative estimate of drug-likeness (QED) is 0.512. The van der Waals surface area contributed by atoms with Crippen molar-refractivity contribution in [1.29, 1.82) is 0 Å². The Morgan fingerprint density at radius 1 is 0.893 bits per heavy atom. The molecule has 140 valence electrons. The summed E-state index contributed by atoms with van der Waals surface area (Å²) in [6.07, 6.45) is 0. The van der Waals surface area contributed by atoms with E-state index in [2.05, 4.69) is 17.0 Å². The molecular weight excluding hydrogens is 350 g/mol. The fourth-order valence-corrected chi connectivity index (χ4v) is 3.42. The number of rotatable bonds is 5. The molecular formula is C24H21NO3. The fourth-order valence-electron chi connectivity index (χ4n) is 3.42. The van der Waals surface area contributed by atoms with Gasteiger partial charge in [-0.15, -0.1) is 0 Å². The molecule has 1 aromatic heterocycles. The zero-order chi connectivity index (χ0) is 19.5. The maximum Gasteiger partial charge on any atom is 0.344 e. The maximum absolute atomic E-state index is 12.6. The number of nitrogens with zero attached hydrogens (tertiary/aromatic N) is 1. The van der Waals surface area contributed by atoms with Gasteiger partial charge in [0.15, 0.2) is 0 Å². The van der Waals surface area contributed by atoms with Crippen molar-refractivity contribution >= 4 is 11.0 Å². The molecule has 0 fully saturated rings. The van der Waals surface area contributed by atoms with Crippen LogP contribution in [0.15, 0.2) is 88.1 Å². The lowest BCUT2D eigenvalue weighted by molar-refractivity contribution is 0.312. The minimum atomic E-state index is -0.406. The van der Waals surface area contributed by atoms with Gasteiger partial charge in [-0.1, -0.05) is 60.7 Å². The first kappa shape index (κ1) is 18.0. The Morgan fingerprint density at radius 3 is 2.29 bits per heavy atom. The van der Waals surface area contributed by atoms with Crippen LogP contribution < -0.4 is 5.63 Å². The monoisotopic (exact) mass is 371 g/mol.